The first-order valence-electron chi connectivity index (χ1n) is 5.25. The number of nitro groups is 1. The fourth-order valence-corrected chi connectivity index (χ4v) is 1.74. The number of nitrogens with zero attached hydrogens (tertiary/aromatic N) is 2. The van der Waals surface area contributed by atoms with Gasteiger partial charge in [-0.15, -0.1) is 0 Å². The molecule has 0 radical (unpaired) electrons. The summed E-state index contributed by atoms with van der Waals surface area (Å²) in [6.07, 6.45) is 0. The Morgan fingerprint density at radius 2 is 2.17 bits per heavy atom. The summed E-state index contributed by atoms with van der Waals surface area (Å²) in [7, 11) is 0. The van der Waals surface area contributed by atoms with Crippen molar-refractivity contribution in [2.45, 2.75) is 19.9 Å². The maximum atomic E-state index is 11.0. The van der Waals surface area contributed by atoms with E-state index in [1.807, 2.05) is 0 Å². The lowest BCUT2D eigenvalue weighted by Gasteiger charge is -2.26. The van der Waals surface area contributed by atoms with Crippen molar-refractivity contribution in [3.63, 3.8) is 0 Å². The summed E-state index contributed by atoms with van der Waals surface area (Å²) in [4.78, 5) is 22.6. The minimum atomic E-state index is -1.05. The zero-order chi connectivity index (χ0) is 13.9. The van der Waals surface area contributed by atoms with Crippen molar-refractivity contribution in [3.05, 3.63) is 33.3 Å². The minimum absolute atomic E-state index is 0.180. The molecule has 0 atom stereocenters. The van der Waals surface area contributed by atoms with Crippen molar-refractivity contribution < 1.29 is 14.8 Å². The maximum absolute atomic E-state index is 11.0. The van der Waals surface area contributed by atoms with Crippen LogP contribution in [-0.2, 0) is 4.79 Å². The van der Waals surface area contributed by atoms with E-state index in [0.717, 1.165) is 0 Å². The Hall–Kier alpha value is -1.82. The lowest BCUT2D eigenvalue weighted by molar-refractivity contribution is -0.384. The predicted octanol–water partition coefficient (Wildman–Crippen LogP) is 2.55. The van der Waals surface area contributed by atoms with Gasteiger partial charge in [0.25, 0.3) is 5.69 Å². The first kappa shape index (κ1) is 14.2. The summed E-state index contributed by atoms with van der Waals surface area (Å²) < 4.78 is 0. The standard InChI is InChI=1S/C11H13ClN2O4/c1-7(2)13(6-11(15)16)9-4-3-8(12)5-10(9)14(17)18/h3-5,7H,6H2,1-2H3,(H,15,16). The number of anilines is 1. The van der Waals surface area contributed by atoms with Crippen molar-refractivity contribution in [2.24, 2.45) is 0 Å². The largest absolute Gasteiger partial charge is 0.480 e. The van der Waals surface area contributed by atoms with E-state index in [0.29, 0.717) is 0 Å². The lowest BCUT2D eigenvalue weighted by Crippen LogP contribution is -2.36. The van der Waals surface area contributed by atoms with Gasteiger partial charge >= 0.3 is 5.97 Å². The number of halogens is 1. The molecule has 1 aromatic rings. The molecule has 1 N–H and O–H groups in total. The van der Waals surface area contributed by atoms with Gasteiger partial charge in [-0.05, 0) is 26.0 Å². The highest BCUT2D eigenvalue weighted by atomic mass is 35.5. The van der Waals surface area contributed by atoms with Crippen LogP contribution in [0.15, 0.2) is 18.2 Å². The van der Waals surface area contributed by atoms with E-state index >= 15 is 0 Å². The predicted molar refractivity (Wildman–Crippen MR) is 68.2 cm³/mol. The van der Waals surface area contributed by atoms with E-state index in [2.05, 4.69) is 0 Å². The molecule has 1 aromatic carbocycles. The van der Waals surface area contributed by atoms with E-state index in [1.165, 1.54) is 23.1 Å². The highest BCUT2D eigenvalue weighted by Crippen LogP contribution is 2.32. The Kier molecular flexibility index (Phi) is 4.49. The van der Waals surface area contributed by atoms with Gasteiger partial charge < -0.3 is 10.0 Å². The maximum Gasteiger partial charge on any atom is 0.323 e. The van der Waals surface area contributed by atoms with E-state index in [-0.39, 0.29) is 29.0 Å². The second-order valence-corrected chi connectivity index (χ2v) is 4.44. The van der Waals surface area contributed by atoms with Crippen LogP contribution in [0.2, 0.25) is 5.02 Å². The highest BCUT2D eigenvalue weighted by Gasteiger charge is 2.23. The molecule has 7 heteroatoms. The van der Waals surface area contributed by atoms with Crippen LogP contribution in [0.5, 0.6) is 0 Å². The van der Waals surface area contributed by atoms with Crippen molar-refractivity contribution in [3.8, 4) is 0 Å². The third-order valence-electron chi connectivity index (χ3n) is 2.37. The minimum Gasteiger partial charge on any atom is -0.480 e. The molecule has 0 heterocycles. The highest BCUT2D eigenvalue weighted by molar-refractivity contribution is 6.30. The summed E-state index contributed by atoms with van der Waals surface area (Å²) in [5, 5.41) is 20.0. The van der Waals surface area contributed by atoms with Gasteiger partial charge in [-0.25, -0.2) is 0 Å². The van der Waals surface area contributed by atoms with E-state index in [4.69, 9.17) is 16.7 Å². The molecule has 1 rings (SSSR count). The molecule has 0 amide bonds. The molecule has 6 nitrogen and oxygen atoms in total. The Labute approximate surface area is 109 Å². The van der Waals surface area contributed by atoms with Crippen LogP contribution in [0.1, 0.15) is 13.8 Å². The van der Waals surface area contributed by atoms with Gasteiger partial charge in [-0.1, -0.05) is 11.6 Å². The summed E-state index contributed by atoms with van der Waals surface area (Å²) in [5.74, 6) is -1.05. The average molecular weight is 273 g/mol. The number of hydrogen-bond acceptors (Lipinski definition) is 4. The third-order valence-corrected chi connectivity index (χ3v) is 2.61. The number of carboxylic acid groups (broad SMARTS) is 1. The molecule has 0 unspecified atom stereocenters. The van der Waals surface area contributed by atoms with Gasteiger partial charge in [0.05, 0.1) is 4.92 Å². The zero-order valence-electron chi connectivity index (χ0n) is 9.96. The van der Waals surface area contributed by atoms with Crippen LogP contribution in [0.25, 0.3) is 0 Å². The Morgan fingerprint density at radius 1 is 1.56 bits per heavy atom. The molecule has 0 saturated carbocycles. The number of hydrogen-bond donors (Lipinski definition) is 1. The summed E-state index contributed by atoms with van der Waals surface area (Å²) >= 11 is 5.71. The van der Waals surface area contributed by atoms with Crippen molar-refractivity contribution in [1.82, 2.24) is 0 Å². The lowest BCUT2D eigenvalue weighted by atomic mass is 10.2. The Bertz CT molecular complexity index is 476. The normalized spacial score (nSPS) is 10.4. The number of carboxylic acids is 1. The van der Waals surface area contributed by atoms with Gasteiger partial charge in [0.1, 0.15) is 12.2 Å². The van der Waals surface area contributed by atoms with Gasteiger partial charge in [0, 0.05) is 17.1 Å². The smallest absolute Gasteiger partial charge is 0.323 e. The molecule has 0 bridgehead atoms. The van der Waals surface area contributed by atoms with E-state index in [1.54, 1.807) is 13.8 Å². The van der Waals surface area contributed by atoms with Crippen LogP contribution in [0.4, 0.5) is 11.4 Å². The van der Waals surface area contributed by atoms with Crippen molar-refractivity contribution in [2.75, 3.05) is 11.4 Å². The van der Waals surface area contributed by atoms with Crippen LogP contribution < -0.4 is 4.90 Å². The molecule has 18 heavy (non-hydrogen) atoms. The molecule has 0 aliphatic carbocycles. The van der Waals surface area contributed by atoms with Crippen LogP contribution >= 0.6 is 11.6 Å². The fourth-order valence-electron chi connectivity index (χ4n) is 1.58. The molecule has 0 fully saturated rings. The Morgan fingerprint density at radius 3 is 2.61 bits per heavy atom. The average Bonchev–Trinajstić information content (AvgIpc) is 2.25. The summed E-state index contributed by atoms with van der Waals surface area (Å²) in [6, 6.07) is 4.00. The van der Waals surface area contributed by atoms with Gasteiger partial charge in [-0.3, -0.25) is 14.9 Å². The van der Waals surface area contributed by atoms with Crippen molar-refractivity contribution >= 4 is 28.9 Å². The van der Waals surface area contributed by atoms with Crippen LogP contribution in [0.3, 0.4) is 0 Å². The van der Waals surface area contributed by atoms with Crippen LogP contribution in [-0.4, -0.2) is 28.6 Å². The summed E-state index contributed by atoms with van der Waals surface area (Å²) in [6.45, 7) is 3.22. The number of carbonyl (C=O) groups is 1. The first-order chi connectivity index (χ1) is 8.32. The number of benzene rings is 1. The molecule has 0 spiro atoms. The zero-order valence-corrected chi connectivity index (χ0v) is 10.7. The van der Waals surface area contributed by atoms with E-state index < -0.39 is 10.9 Å². The van der Waals surface area contributed by atoms with Crippen LogP contribution in [0, 0.1) is 10.1 Å². The molecule has 0 aliphatic heterocycles. The monoisotopic (exact) mass is 272 g/mol. The molecular formula is C11H13ClN2O4. The molecule has 0 saturated heterocycles. The summed E-state index contributed by atoms with van der Waals surface area (Å²) in [5.41, 5.74) is 0.0549. The number of rotatable bonds is 5. The van der Waals surface area contributed by atoms with E-state index in [9.17, 15) is 14.9 Å². The number of aliphatic carboxylic acids is 1. The second-order valence-electron chi connectivity index (χ2n) is 4.01. The SMILES string of the molecule is CC(C)N(CC(=O)O)c1ccc(Cl)cc1[N+](=O)[O-]. The molecule has 0 aliphatic rings. The quantitative estimate of drug-likeness (QED) is 0.658. The van der Waals surface area contributed by atoms with Gasteiger partial charge in [0.2, 0.25) is 0 Å². The second kappa shape index (κ2) is 5.68. The third kappa shape index (κ3) is 3.33. The molecule has 98 valence electrons. The number of nitro benzene ring substituents is 1. The topological polar surface area (TPSA) is 83.7 Å². The fraction of sp³-hybridized carbons (Fsp3) is 0.364. The van der Waals surface area contributed by atoms with Gasteiger partial charge in [0.15, 0.2) is 0 Å². The molecule has 0 aromatic heterocycles. The Balaban J connectivity index is 3.27. The molecular weight excluding hydrogens is 260 g/mol. The first-order valence-corrected chi connectivity index (χ1v) is 5.63. The van der Waals surface area contributed by atoms with Crippen molar-refractivity contribution in [1.29, 1.82) is 0 Å². The van der Waals surface area contributed by atoms with Gasteiger partial charge in [-0.2, -0.15) is 0 Å².